The highest BCUT2D eigenvalue weighted by atomic mass is 16.5. The molecule has 1 spiro atoms. The van der Waals surface area contributed by atoms with Crippen LogP contribution in [-0.4, -0.2) is 64.4 Å². The zero-order valence-electron chi connectivity index (χ0n) is 20.3. The molecule has 35 heavy (non-hydrogen) atoms. The average Bonchev–Trinajstić information content (AvgIpc) is 3.14. The quantitative estimate of drug-likeness (QED) is 0.659. The van der Waals surface area contributed by atoms with Crippen LogP contribution >= 0.6 is 0 Å². The Morgan fingerprint density at radius 1 is 1.17 bits per heavy atom. The van der Waals surface area contributed by atoms with E-state index >= 15 is 0 Å². The van der Waals surface area contributed by atoms with E-state index in [4.69, 9.17) is 4.74 Å². The molecule has 2 amide bonds. The van der Waals surface area contributed by atoms with E-state index in [-0.39, 0.29) is 23.3 Å². The Kier molecular flexibility index (Phi) is 5.90. The molecule has 184 valence electrons. The summed E-state index contributed by atoms with van der Waals surface area (Å²) in [5.41, 5.74) is 0.298. The molecule has 0 bridgehead atoms. The molecule has 5 rings (SSSR count). The van der Waals surface area contributed by atoms with Crippen molar-refractivity contribution in [2.75, 3.05) is 32.1 Å². The fourth-order valence-corrected chi connectivity index (χ4v) is 6.02. The number of hydrogen-bond donors (Lipinski definition) is 2. The SMILES string of the molecule is CN[C@]1(c2ccccc2)CC[C@@]2(CC1)CN(c1cnc(C#N)nc1OC)C(=O)N2CC1(O)CCC1. The summed E-state index contributed by atoms with van der Waals surface area (Å²) in [6.45, 7) is 0.780. The molecule has 2 aliphatic carbocycles. The van der Waals surface area contributed by atoms with Crippen molar-refractivity contribution in [2.45, 2.75) is 61.6 Å². The number of β-amino-alcohol motifs (C(OH)–C–C–N with tert-alkyl or cyclic N) is 1. The first-order valence-corrected chi connectivity index (χ1v) is 12.2. The zero-order chi connectivity index (χ0) is 24.7. The van der Waals surface area contributed by atoms with Gasteiger partial charge in [-0.15, -0.1) is 0 Å². The highest BCUT2D eigenvalue weighted by molar-refractivity contribution is 5.96. The number of aliphatic hydroxyl groups is 1. The lowest BCUT2D eigenvalue weighted by Gasteiger charge is -2.50. The number of nitrogens with zero attached hydrogens (tertiary/aromatic N) is 5. The average molecular weight is 477 g/mol. The third-order valence-corrected chi connectivity index (χ3v) is 8.38. The highest BCUT2D eigenvalue weighted by Crippen LogP contribution is 2.49. The summed E-state index contributed by atoms with van der Waals surface area (Å²) in [6.07, 6.45) is 7.20. The van der Waals surface area contributed by atoms with Crippen molar-refractivity contribution < 1.29 is 14.6 Å². The Morgan fingerprint density at radius 3 is 2.46 bits per heavy atom. The molecule has 2 aromatic rings. The third-order valence-electron chi connectivity index (χ3n) is 8.38. The molecule has 0 unspecified atom stereocenters. The lowest BCUT2D eigenvalue weighted by molar-refractivity contribution is -0.0690. The van der Waals surface area contributed by atoms with E-state index in [9.17, 15) is 15.2 Å². The smallest absolute Gasteiger partial charge is 0.325 e. The number of anilines is 1. The van der Waals surface area contributed by atoms with E-state index in [1.165, 1.54) is 18.9 Å². The first kappa shape index (κ1) is 23.5. The van der Waals surface area contributed by atoms with Gasteiger partial charge in [-0.2, -0.15) is 10.2 Å². The van der Waals surface area contributed by atoms with E-state index in [1.807, 2.05) is 24.1 Å². The molecule has 1 aromatic heterocycles. The van der Waals surface area contributed by atoms with Gasteiger partial charge in [0.05, 0.1) is 37.5 Å². The minimum Gasteiger partial charge on any atom is -0.479 e. The lowest BCUT2D eigenvalue weighted by Crippen LogP contribution is -2.59. The van der Waals surface area contributed by atoms with Crippen LogP contribution in [0.2, 0.25) is 0 Å². The van der Waals surface area contributed by atoms with Crippen molar-refractivity contribution in [3.05, 3.63) is 47.9 Å². The number of aromatic nitrogens is 2. The van der Waals surface area contributed by atoms with Gasteiger partial charge >= 0.3 is 6.03 Å². The topological polar surface area (TPSA) is 115 Å². The maximum atomic E-state index is 13.9. The fraction of sp³-hybridized carbons (Fsp3) is 0.538. The Labute approximate surface area is 205 Å². The Hall–Kier alpha value is -3.22. The molecule has 0 atom stereocenters. The monoisotopic (exact) mass is 476 g/mol. The zero-order valence-corrected chi connectivity index (χ0v) is 20.3. The number of ether oxygens (including phenoxy) is 1. The van der Waals surface area contributed by atoms with Crippen LogP contribution in [0.25, 0.3) is 0 Å². The first-order chi connectivity index (χ1) is 16.9. The molecule has 0 radical (unpaired) electrons. The second-order valence-corrected chi connectivity index (χ2v) is 10.2. The van der Waals surface area contributed by atoms with Gasteiger partial charge in [0.25, 0.3) is 0 Å². The van der Waals surface area contributed by atoms with Crippen molar-refractivity contribution >= 4 is 11.7 Å². The number of nitriles is 1. The second-order valence-electron chi connectivity index (χ2n) is 10.2. The molecule has 1 aliphatic heterocycles. The number of carbonyl (C=O) groups excluding carboxylic acids is 1. The first-order valence-electron chi connectivity index (χ1n) is 12.2. The Bertz CT molecular complexity index is 1140. The second kappa shape index (κ2) is 8.77. The van der Waals surface area contributed by atoms with E-state index in [0.717, 1.165) is 32.1 Å². The standard InChI is InChI=1S/C26H32N6O3/c1-28-26(19-7-4-3-5-8-19)13-11-24(12-14-26)17-31(20-16-29-21(15-27)30-22(20)35-2)23(33)32(24)18-25(34)9-6-10-25/h3-5,7-8,16,28,34H,6,9-14,17-18H2,1-2H3/t24-,26-. The van der Waals surface area contributed by atoms with Gasteiger partial charge in [-0.05, 0) is 57.6 Å². The molecule has 2 N–H and O–H groups in total. The van der Waals surface area contributed by atoms with Crippen LogP contribution in [0, 0.1) is 11.3 Å². The molecule has 3 fully saturated rings. The molecule has 2 saturated carbocycles. The van der Waals surface area contributed by atoms with Gasteiger partial charge in [0.15, 0.2) is 0 Å². The number of rotatable bonds is 6. The van der Waals surface area contributed by atoms with Crippen molar-refractivity contribution in [1.29, 1.82) is 5.26 Å². The number of hydrogen-bond acceptors (Lipinski definition) is 7. The number of methoxy groups -OCH3 is 1. The predicted molar refractivity (Wildman–Crippen MR) is 130 cm³/mol. The predicted octanol–water partition coefficient (Wildman–Crippen LogP) is 2.94. The largest absolute Gasteiger partial charge is 0.479 e. The van der Waals surface area contributed by atoms with Crippen LogP contribution in [0.4, 0.5) is 10.5 Å². The maximum absolute atomic E-state index is 13.9. The van der Waals surface area contributed by atoms with Crippen molar-refractivity contribution in [2.24, 2.45) is 0 Å². The minimum atomic E-state index is -0.832. The van der Waals surface area contributed by atoms with Gasteiger partial charge in [-0.25, -0.2) is 9.78 Å². The number of benzene rings is 1. The normalized spacial score (nSPS) is 27.5. The highest BCUT2D eigenvalue weighted by Gasteiger charge is 2.56. The number of urea groups is 1. The molecule has 9 nitrogen and oxygen atoms in total. The minimum absolute atomic E-state index is 0.00748. The number of amides is 2. The summed E-state index contributed by atoms with van der Waals surface area (Å²) in [5.74, 6) is 0.195. The summed E-state index contributed by atoms with van der Waals surface area (Å²) in [6, 6.07) is 12.2. The van der Waals surface area contributed by atoms with Crippen molar-refractivity contribution in [3.8, 4) is 11.9 Å². The van der Waals surface area contributed by atoms with Gasteiger partial charge in [0.1, 0.15) is 11.8 Å². The molecular weight excluding hydrogens is 444 g/mol. The van der Waals surface area contributed by atoms with Crippen LogP contribution in [-0.2, 0) is 5.54 Å². The van der Waals surface area contributed by atoms with Crippen molar-refractivity contribution in [1.82, 2.24) is 20.2 Å². The fourth-order valence-electron chi connectivity index (χ4n) is 6.02. The molecule has 1 saturated heterocycles. The van der Waals surface area contributed by atoms with Crippen LogP contribution < -0.4 is 15.0 Å². The summed E-state index contributed by atoms with van der Waals surface area (Å²) < 4.78 is 5.43. The summed E-state index contributed by atoms with van der Waals surface area (Å²) in [5, 5.41) is 23.8. The van der Waals surface area contributed by atoms with Gasteiger partial charge in [0, 0.05) is 5.54 Å². The molecule has 2 heterocycles. The summed E-state index contributed by atoms with van der Waals surface area (Å²) in [4.78, 5) is 25.7. The van der Waals surface area contributed by atoms with Crippen LogP contribution in [0.5, 0.6) is 5.88 Å². The van der Waals surface area contributed by atoms with E-state index in [1.54, 1.807) is 4.90 Å². The molecule has 3 aliphatic rings. The summed E-state index contributed by atoms with van der Waals surface area (Å²) in [7, 11) is 3.48. The molecule has 9 heteroatoms. The Morgan fingerprint density at radius 2 is 1.89 bits per heavy atom. The molecule has 1 aromatic carbocycles. The van der Waals surface area contributed by atoms with Crippen LogP contribution in [0.3, 0.4) is 0 Å². The van der Waals surface area contributed by atoms with Crippen LogP contribution in [0.1, 0.15) is 56.3 Å². The summed E-state index contributed by atoms with van der Waals surface area (Å²) >= 11 is 0. The van der Waals surface area contributed by atoms with Gasteiger partial charge in [0.2, 0.25) is 11.7 Å². The van der Waals surface area contributed by atoms with Crippen LogP contribution in [0.15, 0.2) is 36.5 Å². The van der Waals surface area contributed by atoms with E-state index in [2.05, 4.69) is 39.6 Å². The van der Waals surface area contributed by atoms with E-state index < -0.39 is 11.1 Å². The lowest BCUT2D eigenvalue weighted by atomic mass is 9.68. The maximum Gasteiger partial charge on any atom is 0.325 e. The Balaban J connectivity index is 1.48. The third kappa shape index (κ3) is 3.91. The van der Waals surface area contributed by atoms with Gasteiger partial charge < -0.3 is 20.1 Å². The number of nitrogens with one attached hydrogen (secondary N) is 1. The van der Waals surface area contributed by atoms with Gasteiger partial charge in [-0.1, -0.05) is 30.3 Å². The van der Waals surface area contributed by atoms with Gasteiger partial charge in [-0.3, -0.25) is 4.90 Å². The molecular formula is C26H32N6O3. The van der Waals surface area contributed by atoms with Crippen molar-refractivity contribution in [3.63, 3.8) is 0 Å². The van der Waals surface area contributed by atoms with E-state index in [0.29, 0.717) is 31.6 Å². The number of carbonyl (C=O) groups is 1.